The molecule has 0 aromatic rings. The molecule has 0 heterocycles. The molecule has 84 valence electrons. The van der Waals surface area contributed by atoms with Crippen molar-refractivity contribution in [1.82, 2.24) is 0 Å². The van der Waals surface area contributed by atoms with Crippen molar-refractivity contribution >= 4 is 5.97 Å². The fourth-order valence-corrected chi connectivity index (χ4v) is 2.46. The van der Waals surface area contributed by atoms with Gasteiger partial charge in [-0.25, -0.2) is 0 Å². The molecule has 2 heteroatoms. The van der Waals surface area contributed by atoms with E-state index in [0.717, 1.165) is 12.8 Å². The Morgan fingerprint density at radius 1 is 1.27 bits per heavy atom. The van der Waals surface area contributed by atoms with Gasteiger partial charge < -0.3 is 4.74 Å². The van der Waals surface area contributed by atoms with E-state index in [9.17, 15) is 4.79 Å². The summed E-state index contributed by atoms with van der Waals surface area (Å²) in [6.45, 7) is 6.14. The molecule has 0 aromatic carbocycles. The second-order valence-electron chi connectivity index (χ2n) is 5.27. The van der Waals surface area contributed by atoms with Gasteiger partial charge in [-0.1, -0.05) is 26.0 Å². The van der Waals surface area contributed by atoms with E-state index in [1.807, 2.05) is 6.92 Å². The molecule has 0 spiro atoms. The van der Waals surface area contributed by atoms with E-state index in [1.165, 1.54) is 0 Å². The second-order valence-corrected chi connectivity index (χ2v) is 5.27. The van der Waals surface area contributed by atoms with E-state index in [0.29, 0.717) is 17.8 Å². The van der Waals surface area contributed by atoms with Crippen LogP contribution in [0.25, 0.3) is 0 Å². The van der Waals surface area contributed by atoms with Crippen molar-refractivity contribution in [2.75, 3.05) is 0 Å². The van der Waals surface area contributed by atoms with E-state index in [-0.39, 0.29) is 18.0 Å². The Labute approximate surface area is 91.7 Å². The van der Waals surface area contributed by atoms with Crippen LogP contribution in [0.3, 0.4) is 0 Å². The van der Waals surface area contributed by atoms with Crippen LogP contribution in [0.5, 0.6) is 0 Å². The van der Waals surface area contributed by atoms with Crippen LogP contribution >= 0.6 is 0 Å². The summed E-state index contributed by atoms with van der Waals surface area (Å²) in [5, 5.41) is 0. The number of ether oxygens (including phenoxy) is 1. The summed E-state index contributed by atoms with van der Waals surface area (Å²) >= 11 is 0. The first-order valence-corrected chi connectivity index (χ1v) is 5.96. The van der Waals surface area contributed by atoms with E-state index in [2.05, 4.69) is 26.0 Å². The van der Waals surface area contributed by atoms with Crippen LogP contribution in [-0.4, -0.2) is 12.1 Å². The summed E-state index contributed by atoms with van der Waals surface area (Å²) in [6, 6.07) is 0. The van der Waals surface area contributed by atoms with Gasteiger partial charge in [-0.3, -0.25) is 4.79 Å². The van der Waals surface area contributed by atoms with Gasteiger partial charge in [0.2, 0.25) is 0 Å². The summed E-state index contributed by atoms with van der Waals surface area (Å²) in [4.78, 5) is 11.9. The molecule has 4 atom stereocenters. The molecule has 1 fully saturated rings. The molecule has 0 N–H and O–H groups in total. The molecule has 1 saturated carbocycles. The minimum atomic E-state index is 0.0213. The number of rotatable bonds is 3. The lowest BCUT2D eigenvalue weighted by atomic mass is 9.94. The van der Waals surface area contributed by atoms with Gasteiger partial charge >= 0.3 is 5.97 Å². The molecule has 2 nitrogen and oxygen atoms in total. The SMILES string of the molecule is CC(C)C(C)OC(=O)C1CC2C=CC1C2. The number of carbonyl (C=O) groups is 1. The van der Waals surface area contributed by atoms with Gasteiger partial charge in [0.15, 0.2) is 0 Å². The first-order valence-electron chi connectivity index (χ1n) is 5.96. The largest absolute Gasteiger partial charge is 0.462 e. The van der Waals surface area contributed by atoms with Crippen molar-refractivity contribution in [3.8, 4) is 0 Å². The van der Waals surface area contributed by atoms with Crippen LogP contribution in [0.1, 0.15) is 33.6 Å². The molecule has 4 unspecified atom stereocenters. The normalized spacial score (nSPS) is 34.8. The molecule has 2 rings (SSSR count). The molecular formula is C13H20O2. The Hall–Kier alpha value is -0.790. The third-order valence-electron chi connectivity index (χ3n) is 3.82. The quantitative estimate of drug-likeness (QED) is 0.526. The zero-order valence-electron chi connectivity index (χ0n) is 9.77. The van der Waals surface area contributed by atoms with Crippen LogP contribution < -0.4 is 0 Å². The smallest absolute Gasteiger partial charge is 0.309 e. The molecular weight excluding hydrogens is 188 g/mol. The van der Waals surface area contributed by atoms with Crippen LogP contribution in [0, 0.1) is 23.7 Å². The van der Waals surface area contributed by atoms with Crippen LogP contribution in [0.2, 0.25) is 0 Å². The Kier molecular flexibility index (Phi) is 2.85. The molecule has 0 aliphatic heterocycles. The predicted molar refractivity (Wildman–Crippen MR) is 59.2 cm³/mol. The Bertz CT molecular complexity index is 280. The monoisotopic (exact) mass is 208 g/mol. The minimum Gasteiger partial charge on any atom is -0.462 e. The van der Waals surface area contributed by atoms with Gasteiger partial charge in [0.05, 0.1) is 5.92 Å². The molecule has 0 radical (unpaired) electrons. The zero-order valence-corrected chi connectivity index (χ0v) is 9.77. The molecule has 0 saturated heterocycles. The van der Waals surface area contributed by atoms with Crippen molar-refractivity contribution in [3.63, 3.8) is 0 Å². The predicted octanol–water partition coefficient (Wildman–Crippen LogP) is 2.79. The molecule has 0 aromatic heterocycles. The lowest BCUT2D eigenvalue weighted by molar-refractivity contribution is -0.156. The number of esters is 1. The summed E-state index contributed by atoms with van der Waals surface area (Å²) in [7, 11) is 0. The first kappa shape index (κ1) is 10.7. The maximum atomic E-state index is 11.9. The summed E-state index contributed by atoms with van der Waals surface area (Å²) in [5.74, 6) is 1.67. The lowest BCUT2D eigenvalue weighted by Gasteiger charge is -2.22. The summed E-state index contributed by atoms with van der Waals surface area (Å²) in [5.41, 5.74) is 0. The Morgan fingerprint density at radius 2 is 2.00 bits per heavy atom. The third kappa shape index (κ3) is 2.09. The van der Waals surface area contributed by atoms with Crippen molar-refractivity contribution in [3.05, 3.63) is 12.2 Å². The highest BCUT2D eigenvalue weighted by molar-refractivity contribution is 5.74. The average Bonchev–Trinajstić information content (AvgIpc) is 2.78. The van der Waals surface area contributed by atoms with Gasteiger partial charge in [0, 0.05) is 0 Å². The van der Waals surface area contributed by atoms with Gasteiger partial charge in [-0.2, -0.15) is 0 Å². The molecule has 2 bridgehead atoms. The highest BCUT2D eigenvalue weighted by atomic mass is 16.5. The highest BCUT2D eigenvalue weighted by Crippen LogP contribution is 2.44. The number of allylic oxidation sites excluding steroid dienone is 2. The van der Waals surface area contributed by atoms with Crippen molar-refractivity contribution < 1.29 is 9.53 Å². The van der Waals surface area contributed by atoms with Crippen LogP contribution in [0.4, 0.5) is 0 Å². The summed E-state index contributed by atoms with van der Waals surface area (Å²) in [6.07, 6.45) is 6.65. The number of carbonyl (C=O) groups excluding carboxylic acids is 1. The van der Waals surface area contributed by atoms with Crippen molar-refractivity contribution in [2.45, 2.75) is 39.7 Å². The topological polar surface area (TPSA) is 26.3 Å². The fourth-order valence-electron chi connectivity index (χ4n) is 2.46. The second kappa shape index (κ2) is 3.99. The maximum Gasteiger partial charge on any atom is 0.309 e. The highest BCUT2D eigenvalue weighted by Gasteiger charge is 2.41. The fraction of sp³-hybridized carbons (Fsp3) is 0.769. The Morgan fingerprint density at radius 3 is 2.47 bits per heavy atom. The first-order chi connectivity index (χ1) is 7.08. The standard InChI is InChI=1S/C13H20O2/c1-8(2)9(3)15-13(14)12-7-10-4-5-11(12)6-10/h4-5,8-12H,6-7H2,1-3H3. The number of hydrogen-bond donors (Lipinski definition) is 0. The molecule has 2 aliphatic rings. The average molecular weight is 208 g/mol. The van der Waals surface area contributed by atoms with Gasteiger partial charge in [0.25, 0.3) is 0 Å². The van der Waals surface area contributed by atoms with Crippen molar-refractivity contribution in [2.24, 2.45) is 23.7 Å². The van der Waals surface area contributed by atoms with Crippen LogP contribution in [-0.2, 0) is 9.53 Å². The van der Waals surface area contributed by atoms with E-state index < -0.39 is 0 Å². The zero-order chi connectivity index (χ0) is 11.0. The van der Waals surface area contributed by atoms with Crippen molar-refractivity contribution in [1.29, 1.82) is 0 Å². The number of hydrogen-bond acceptors (Lipinski definition) is 2. The summed E-state index contributed by atoms with van der Waals surface area (Å²) < 4.78 is 5.48. The van der Waals surface area contributed by atoms with Gasteiger partial charge in [-0.05, 0) is 37.5 Å². The van der Waals surface area contributed by atoms with Crippen LogP contribution in [0.15, 0.2) is 12.2 Å². The maximum absolute atomic E-state index is 11.9. The lowest BCUT2D eigenvalue weighted by Crippen LogP contribution is -2.27. The van der Waals surface area contributed by atoms with Gasteiger partial charge in [-0.15, -0.1) is 0 Å². The minimum absolute atomic E-state index is 0.0213. The third-order valence-corrected chi connectivity index (χ3v) is 3.82. The van der Waals surface area contributed by atoms with Gasteiger partial charge in [0.1, 0.15) is 6.10 Å². The Balaban J connectivity index is 1.90. The molecule has 2 aliphatic carbocycles. The molecule has 0 amide bonds. The van der Waals surface area contributed by atoms with E-state index in [4.69, 9.17) is 4.74 Å². The number of fused-ring (bicyclic) bond motifs is 2. The van der Waals surface area contributed by atoms with E-state index >= 15 is 0 Å². The molecule has 15 heavy (non-hydrogen) atoms. The van der Waals surface area contributed by atoms with E-state index in [1.54, 1.807) is 0 Å².